The number of ether oxygens (including phenoxy) is 3. The van der Waals surface area contributed by atoms with Crippen LogP contribution in [0.1, 0.15) is 51.5 Å². The van der Waals surface area contributed by atoms with Crippen LogP contribution < -0.4 is 10.1 Å². The average Bonchev–Trinajstić information content (AvgIpc) is 2.95. The first-order valence-corrected chi connectivity index (χ1v) is 9.08. The number of carbonyl (C=O) groups is 2. The molecule has 0 aromatic carbocycles. The minimum Gasteiger partial charge on any atom is -0.475 e. The molecule has 2 aromatic heterocycles. The Kier molecular flexibility index (Phi) is 7.57. The summed E-state index contributed by atoms with van der Waals surface area (Å²) in [7, 11) is 1.60. The van der Waals surface area contributed by atoms with Gasteiger partial charge in [-0.1, -0.05) is 6.07 Å². The van der Waals surface area contributed by atoms with Gasteiger partial charge in [-0.05, 0) is 38.8 Å². The van der Waals surface area contributed by atoms with Crippen LogP contribution in [0.4, 0.5) is 0 Å². The van der Waals surface area contributed by atoms with Gasteiger partial charge in [-0.3, -0.25) is 4.79 Å². The highest BCUT2D eigenvalue weighted by atomic mass is 16.5. The second kappa shape index (κ2) is 9.89. The molecule has 0 saturated carbocycles. The lowest BCUT2D eigenvalue weighted by atomic mass is 10.1. The minimum atomic E-state index is -0.437. The molecule has 2 rings (SSSR count). The van der Waals surface area contributed by atoms with Crippen LogP contribution in [0.3, 0.4) is 0 Å². The fourth-order valence-corrected chi connectivity index (χ4v) is 2.66. The standard InChI is InChI=1S/C20H27N3O5/c1-12(2)28-20(25)17-13(3)18(23-14(17)4)19(24)22-11-15-6-7-16(21-10-15)27-9-8-26-5/h6-7,10,12,23H,8-9,11H2,1-5H3,(H,22,24). The number of pyridine rings is 1. The Balaban J connectivity index is 1.99. The molecule has 0 radical (unpaired) electrons. The molecule has 1 amide bonds. The molecular weight excluding hydrogens is 362 g/mol. The maximum absolute atomic E-state index is 12.5. The third kappa shape index (κ3) is 5.56. The fourth-order valence-electron chi connectivity index (χ4n) is 2.66. The van der Waals surface area contributed by atoms with Crippen molar-refractivity contribution in [3.63, 3.8) is 0 Å². The summed E-state index contributed by atoms with van der Waals surface area (Å²) < 4.78 is 15.6. The summed E-state index contributed by atoms with van der Waals surface area (Å²) in [4.78, 5) is 31.9. The van der Waals surface area contributed by atoms with Gasteiger partial charge in [0.1, 0.15) is 12.3 Å². The van der Waals surface area contributed by atoms with E-state index >= 15 is 0 Å². The van der Waals surface area contributed by atoms with Crippen LogP contribution in [-0.4, -0.2) is 48.3 Å². The van der Waals surface area contributed by atoms with Gasteiger partial charge in [-0.2, -0.15) is 0 Å². The predicted octanol–water partition coefficient (Wildman–Crippen LogP) is 2.55. The van der Waals surface area contributed by atoms with Crippen molar-refractivity contribution >= 4 is 11.9 Å². The smallest absolute Gasteiger partial charge is 0.340 e. The van der Waals surface area contributed by atoms with E-state index in [1.165, 1.54) is 0 Å². The summed E-state index contributed by atoms with van der Waals surface area (Å²) in [6, 6.07) is 3.56. The molecule has 152 valence electrons. The Morgan fingerprint density at radius 2 is 1.96 bits per heavy atom. The van der Waals surface area contributed by atoms with Crippen LogP contribution in [-0.2, 0) is 16.0 Å². The van der Waals surface area contributed by atoms with Crippen molar-refractivity contribution in [1.82, 2.24) is 15.3 Å². The van der Waals surface area contributed by atoms with Crippen LogP contribution in [0.5, 0.6) is 5.88 Å². The van der Waals surface area contributed by atoms with Crippen LogP contribution in [0, 0.1) is 13.8 Å². The minimum absolute atomic E-state index is 0.229. The molecule has 8 nitrogen and oxygen atoms in total. The first-order chi connectivity index (χ1) is 13.3. The van der Waals surface area contributed by atoms with Gasteiger partial charge in [0, 0.05) is 31.6 Å². The normalized spacial score (nSPS) is 10.8. The maximum Gasteiger partial charge on any atom is 0.340 e. The molecule has 0 aliphatic carbocycles. The highest BCUT2D eigenvalue weighted by Crippen LogP contribution is 2.20. The van der Waals surface area contributed by atoms with Crippen molar-refractivity contribution in [2.24, 2.45) is 0 Å². The van der Waals surface area contributed by atoms with E-state index in [0.717, 1.165) is 5.56 Å². The number of carbonyl (C=O) groups excluding carboxylic acids is 2. The number of nitrogens with zero attached hydrogens (tertiary/aromatic N) is 1. The van der Waals surface area contributed by atoms with E-state index in [-0.39, 0.29) is 12.0 Å². The number of hydrogen-bond acceptors (Lipinski definition) is 6. The van der Waals surface area contributed by atoms with Gasteiger partial charge in [0.05, 0.1) is 18.3 Å². The van der Waals surface area contributed by atoms with Gasteiger partial charge in [0.25, 0.3) is 5.91 Å². The Bertz CT molecular complexity index is 812. The quantitative estimate of drug-likeness (QED) is 0.505. The molecule has 0 fully saturated rings. The van der Waals surface area contributed by atoms with Crippen molar-refractivity contribution in [3.8, 4) is 5.88 Å². The van der Waals surface area contributed by atoms with E-state index < -0.39 is 5.97 Å². The maximum atomic E-state index is 12.5. The third-order valence-electron chi connectivity index (χ3n) is 4.00. The molecule has 2 N–H and O–H groups in total. The van der Waals surface area contributed by atoms with Gasteiger partial charge >= 0.3 is 5.97 Å². The molecular formula is C20H27N3O5. The molecule has 0 unspecified atom stereocenters. The van der Waals surface area contributed by atoms with Crippen molar-refractivity contribution in [1.29, 1.82) is 0 Å². The number of H-pyrrole nitrogens is 1. The van der Waals surface area contributed by atoms with Crippen molar-refractivity contribution in [3.05, 3.63) is 46.4 Å². The molecule has 2 aromatic rings. The van der Waals surface area contributed by atoms with Crippen molar-refractivity contribution < 1.29 is 23.8 Å². The van der Waals surface area contributed by atoms with Gasteiger partial charge in [-0.25, -0.2) is 9.78 Å². The summed E-state index contributed by atoms with van der Waals surface area (Å²) in [5.74, 6) is -0.241. The van der Waals surface area contributed by atoms with Gasteiger partial charge in [-0.15, -0.1) is 0 Å². The summed E-state index contributed by atoms with van der Waals surface area (Å²) >= 11 is 0. The Hall–Kier alpha value is -2.87. The van der Waals surface area contributed by atoms with E-state index in [1.54, 1.807) is 47.1 Å². The predicted molar refractivity (Wildman–Crippen MR) is 104 cm³/mol. The second-order valence-electron chi connectivity index (χ2n) is 6.61. The van der Waals surface area contributed by atoms with Crippen LogP contribution >= 0.6 is 0 Å². The topological polar surface area (TPSA) is 103 Å². The van der Waals surface area contributed by atoms with Gasteiger partial charge in [0.2, 0.25) is 5.88 Å². The summed E-state index contributed by atoms with van der Waals surface area (Å²) in [5, 5.41) is 2.82. The summed E-state index contributed by atoms with van der Waals surface area (Å²) in [6.45, 7) is 8.24. The molecule has 28 heavy (non-hydrogen) atoms. The number of aryl methyl sites for hydroxylation is 1. The van der Waals surface area contributed by atoms with Crippen LogP contribution in [0.25, 0.3) is 0 Å². The van der Waals surface area contributed by atoms with E-state index in [9.17, 15) is 9.59 Å². The largest absolute Gasteiger partial charge is 0.475 e. The number of aromatic nitrogens is 2. The number of esters is 1. The summed E-state index contributed by atoms with van der Waals surface area (Å²) in [5.41, 5.74) is 2.75. The van der Waals surface area contributed by atoms with Crippen LogP contribution in [0.2, 0.25) is 0 Å². The lowest BCUT2D eigenvalue weighted by Crippen LogP contribution is -2.24. The van der Waals surface area contributed by atoms with Gasteiger partial charge < -0.3 is 24.5 Å². The molecule has 0 saturated heterocycles. The molecule has 2 heterocycles. The zero-order valence-electron chi connectivity index (χ0n) is 16.9. The molecule has 0 aliphatic rings. The number of methoxy groups -OCH3 is 1. The van der Waals surface area contributed by atoms with Crippen molar-refractivity contribution in [2.45, 2.75) is 40.3 Å². The summed E-state index contributed by atoms with van der Waals surface area (Å²) in [6.07, 6.45) is 1.41. The third-order valence-corrected chi connectivity index (χ3v) is 4.00. The van der Waals surface area contributed by atoms with E-state index in [4.69, 9.17) is 14.2 Å². The zero-order valence-corrected chi connectivity index (χ0v) is 16.9. The zero-order chi connectivity index (χ0) is 20.7. The number of amides is 1. The number of nitrogens with one attached hydrogen (secondary N) is 2. The van der Waals surface area contributed by atoms with E-state index in [1.807, 2.05) is 6.07 Å². The van der Waals surface area contributed by atoms with Crippen LogP contribution in [0.15, 0.2) is 18.3 Å². The molecule has 0 aliphatic heterocycles. The first-order valence-electron chi connectivity index (χ1n) is 9.08. The highest BCUT2D eigenvalue weighted by Gasteiger charge is 2.23. The number of rotatable bonds is 9. The second-order valence-corrected chi connectivity index (χ2v) is 6.61. The van der Waals surface area contributed by atoms with Gasteiger partial charge in [0.15, 0.2) is 0 Å². The Labute approximate surface area is 164 Å². The molecule has 8 heteroatoms. The lowest BCUT2D eigenvalue weighted by Gasteiger charge is -2.09. The van der Waals surface area contributed by atoms with Crippen molar-refractivity contribution in [2.75, 3.05) is 20.3 Å². The molecule has 0 atom stereocenters. The average molecular weight is 389 g/mol. The first kappa shape index (κ1) is 21.4. The van der Waals surface area contributed by atoms with E-state index in [2.05, 4.69) is 15.3 Å². The number of hydrogen-bond donors (Lipinski definition) is 2. The number of aromatic amines is 1. The monoisotopic (exact) mass is 389 g/mol. The van der Waals surface area contributed by atoms with E-state index in [0.29, 0.717) is 48.2 Å². The molecule has 0 bridgehead atoms. The Morgan fingerprint density at radius 1 is 1.21 bits per heavy atom. The SMILES string of the molecule is COCCOc1ccc(CNC(=O)c2[nH]c(C)c(C(=O)OC(C)C)c2C)cn1. The lowest BCUT2D eigenvalue weighted by molar-refractivity contribution is 0.0376. The molecule has 0 spiro atoms. The fraction of sp³-hybridized carbons (Fsp3) is 0.450. The Morgan fingerprint density at radius 3 is 2.57 bits per heavy atom. The highest BCUT2D eigenvalue weighted by molar-refractivity contribution is 6.00.